The van der Waals surface area contributed by atoms with Crippen molar-refractivity contribution < 1.29 is 13.2 Å². The Labute approximate surface area is 224 Å². The van der Waals surface area contributed by atoms with E-state index < -0.39 is 23.4 Å². The lowest BCUT2D eigenvalue weighted by Gasteiger charge is -2.40. The number of rotatable bonds is 6. The predicted octanol–water partition coefficient (Wildman–Crippen LogP) is 5.42. The molecule has 1 saturated heterocycles. The zero-order chi connectivity index (χ0) is 27.1. The monoisotopic (exact) mass is 536 g/mol. The maximum absolute atomic E-state index is 14.2. The summed E-state index contributed by atoms with van der Waals surface area (Å²) in [4.78, 5) is 22.1. The third-order valence-corrected chi connectivity index (χ3v) is 8.06. The van der Waals surface area contributed by atoms with Gasteiger partial charge in [0, 0.05) is 42.4 Å². The lowest BCUT2D eigenvalue weighted by molar-refractivity contribution is 0.236. The molecule has 0 amide bonds. The van der Waals surface area contributed by atoms with E-state index in [4.69, 9.17) is 9.97 Å². The zero-order valence-electron chi connectivity index (χ0n) is 21.9. The first kappa shape index (κ1) is 25.7. The maximum Gasteiger partial charge on any atom is 0.251 e. The van der Waals surface area contributed by atoms with Gasteiger partial charge in [-0.1, -0.05) is 20.3 Å². The van der Waals surface area contributed by atoms with Crippen LogP contribution in [0.3, 0.4) is 0 Å². The van der Waals surface area contributed by atoms with Crippen LogP contribution < -0.4 is 16.0 Å². The normalized spacial score (nSPS) is 22.8. The summed E-state index contributed by atoms with van der Waals surface area (Å²) in [6.07, 6.45) is 12.1. The summed E-state index contributed by atoms with van der Waals surface area (Å²) in [5, 5.41) is 11.0. The summed E-state index contributed by atoms with van der Waals surface area (Å²) < 4.78 is 41.2. The number of pyridine rings is 2. The van der Waals surface area contributed by atoms with Gasteiger partial charge in [0.05, 0.1) is 11.7 Å². The molecule has 0 aromatic carbocycles. The average Bonchev–Trinajstić information content (AvgIpc) is 2.87. The fourth-order valence-corrected chi connectivity index (χ4v) is 5.50. The minimum absolute atomic E-state index is 0.0232. The fourth-order valence-electron chi connectivity index (χ4n) is 5.50. The highest BCUT2D eigenvalue weighted by atomic mass is 19.2. The van der Waals surface area contributed by atoms with Gasteiger partial charge in [-0.2, -0.15) is 9.37 Å². The number of halogens is 3. The minimum atomic E-state index is -1.39. The van der Waals surface area contributed by atoms with Crippen LogP contribution in [0.2, 0.25) is 0 Å². The van der Waals surface area contributed by atoms with Gasteiger partial charge in [-0.05, 0) is 55.2 Å². The molecule has 8 nitrogen and oxygen atoms in total. The van der Waals surface area contributed by atoms with Gasteiger partial charge in [0.15, 0.2) is 17.5 Å². The molecule has 1 aliphatic carbocycles. The average molecular weight is 537 g/mol. The Morgan fingerprint density at radius 3 is 2.62 bits per heavy atom. The van der Waals surface area contributed by atoms with E-state index in [1.54, 1.807) is 18.5 Å². The molecule has 2 unspecified atom stereocenters. The molecule has 11 heteroatoms. The van der Waals surface area contributed by atoms with Crippen molar-refractivity contribution in [2.45, 2.75) is 63.8 Å². The second kappa shape index (κ2) is 10.2. The van der Waals surface area contributed by atoms with Gasteiger partial charge in [-0.15, -0.1) is 0 Å². The molecule has 204 valence electrons. The standard InChI is InChI=1S/C28H31F3N8/c1-28(2)14-32-8-7-21(28)36-27-23-17(15-4-3-5-15)12-33-13-20(23)35-25(39-27)16-6-9-34-22(10-16)37-26-19(30)11-18(29)24(31)38-26/h9-13,15-16,21,32H,3-8,14H2,1-2H3,(H,37,38)(H,35,36,39). The lowest BCUT2D eigenvalue weighted by Crippen LogP contribution is -2.49. The molecule has 3 aliphatic rings. The topological polar surface area (TPSA) is 100 Å². The van der Waals surface area contributed by atoms with Crippen LogP contribution in [0.15, 0.2) is 35.3 Å². The number of fused-ring (bicyclic) bond motifs is 1. The third kappa shape index (κ3) is 5.07. The summed E-state index contributed by atoms with van der Waals surface area (Å²) in [5.41, 5.74) is 1.98. The summed E-state index contributed by atoms with van der Waals surface area (Å²) in [6.45, 7) is 6.33. The molecule has 6 rings (SSSR count). The zero-order valence-corrected chi connectivity index (χ0v) is 21.9. The van der Waals surface area contributed by atoms with E-state index in [1.165, 1.54) is 12.0 Å². The fraction of sp³-hybridized carbons (Fsp3) is 0.464. The Kier molecular flexibility index (Phi) is 6.70. The van der Waals surface area contributed by atoms with E-state index in [2.05, 4.69) is 44.8 Å². The number of nitrogens with zero attached hydrogens (tertiary/aromatic N) is 5. The highest BCUT2D eigenvalue weighted by Gasteiger charge is 2.34. The first-order valence-electron chi connectivity index (χ1n) is 13.4. The smallest absolute Gasteiger partial charge is 0.251 e. The van der Waals surface area contributed by atoms with Crippen LogP contribution in [-0.4, -0.2) is 45.3 Å². The molecule has 0 spiro atoms. The molecule has 3 aromatic heterocycles. The van der Waals surface area contributed by atoms with Gasteiger partial charge in [0.1, 0.15) is 17.5 Å². The third-order valence-electron chi connectivity index (χ3n) is 8.06. The Morgan fingerprint density at radius 2 is 1.85 bits per heavy atom. The largest absolute Gasteiger partial charge is 0.366 e. The van der Waals surface area contributed by atoms with Crippen molar-refractivity contribution in [3.8, 4) is 0 Å². The van der Waals surface area contributed by atoms with Crippen LogP contribution in [0.1, 0.15) is 69.2 Å². The lowest BCUT2D eigenvalue weighted by atomic mass is 9.78. The van der Waals surface area contributed by atoms with Crippen molar-refractivity contribution in [3.63, 3.8) is 0 Å². The molecule has 2 atom stereocenters. The number of piperidine rings is 1. The summed E-state index contributed by atoms with van der Waals surface area (Å²) >= 11 is 0. The van der Waals surface area contributed by atoms with Crippen molar-refractivity contribution in [1.29, 1.82) is 0 Å². The molecule has 2 aliphatic heterocycles. The Morgan fingerprint density at radius 1 is 1.00 bits per heavy atom. The molecule has 2 fully saturated rings. The van der Waals surface area contributed by atoms with Gasteiger partial charge in [0.2, 0.25) is 0 Å². The van der Waals surface area contributed by atoms with Gasteiger partial charge >= 0.3 is 0 Å². The number of nitrogens with one attached hydrogen (secondary N) is 3. The molecule has 1 saturated carbocycles. The molecular weight excluding hydrogens is 505 g/mol. The van der Waals surface area contributed by atoms with Crippen LogP contribution in [-0.2, 0) is 0 Å². The number of aromatic nitrogens is 4. The van der Waals surface area contributed by atoms with Crippen LogP contribution in [0.5, 0.6) is 0 Å². The van der Waals surface area contributed by atoms with Crippen molar-refractivity contribution >= 4 is 28.8 Å². The highest BCUT2D eigenvalue weighted by molar-refractivity contribution is 5.92. The van der Waals surface area contributed by atoms with E-state index in [1.807, 2.05) is 6.20 Å². The maximum atomic E-state index is 14.2. The summed E-state index contributed by atoms with van der Waals surface area (Å²) in [5.74, 6) is -2.39. The molecule has 3 aromatic rings. The first-order chi connectivity index (χ1) is 18.8. The number of anilines is 2. The second-order valence-corrected chi connectivity index (χ2v) is 11.3. The highest BCUT2D eigenvalue weighted by Crippen LogP contribution is 2.42. The molecule has 3 N–H and O–H groups in total. The van der Waals surface area contributed by atoms with Gasteiger partial charge < -0.3 is 16.0 Å². The van der Waals surface area contributed by atoms with Crippen molar-refractivity contribution in [2.75, 3.05) is 23.7 Å². The number of hydrogen-bond acceptors (Lipinski definition) is 8. The van der Waals surface area contributed by atoms with Gasteiger partial charge in [0.25, 0.3) is 5.95 Å². The van der Waals surface area contributed by atoms with Crippen molar-refractivity contribution in [2.24, 2.45) is 10.4 Å². The molecular formula is C28H31F3N8. The van der Waals surface area contributed by atoms with E-state index >= 15 is 0 Å². The van der Waals surface area contributed by atoms with E-state index in [9.17, 15) is 13.2 Å². The van der Waals surface area contributed by atoms with Crippen LogP contribution in [0.4, 0.5) is 24.8 Å². The summed E-state index contributed by atoms with van der Waals surface area (Å²) in [7, 11) is 0. The Balaban J connectivity index is 1.38. The van der Waals surface area contributed by atoms with Gasteiger partial charge in [-0.3, -0.25) is 4.98 Å². The molecule has 39 heavy (non-hydrogen) atoms. The van der Waals surface area contributed by atoms with Crippen LogP contribution in [0.25, 0.3) is 10.9 Å². The van der Waals surface area contributed by atoms with Crippen molar-refractivity contribution in [3.05, 3.63) is 59.3 Å². The Bertz CT molecular complexity index is 1470. The Hall–Kier alpha value is -3.60. The number of hydrogen-bond donors (Lipinski definition) is 3. The van der Waals surface area contributed by atoms with Crippen molar-refractivity contribution in [1.82, 2.24) is 25.3 Å². The van der Waals surface area contributed by atoms with Gasteiger partial charge in [-0.25, -0.2) is 23.7 Å². The minimum Gasteiger partial charge on any atom is -0.366 e. The van der Waals surface area contributed by atoms with E-state index in [0.29, 0.717) is 24.2 Å². The SMILES string of the molecule is CC1(C)CNCCC1Nc1nc(C2C=C(Nc3nc(F)c(F)cc3F)N=CC2)nc2cncc(C3CCC3)c12. The second-order valence-electron chi connectivity index (χ2n) is 11.3. The summed E-state index contributed by atoms with van der Waals surface area (Å²) in [6, 6.07) is 0.671. The predicted molar refractivity (Wildman–Crippen MR) is 144 cm³/mol. The molecule has 0 bridgehead atoms. The van der Waals surface area contributed by atoms with E-state index in [0.717, 1.165) is 49.1 Å². The number of aliphatic imine (C=N–C) groups is 1. The van der Waals surface area contributed by atoms with Crippen LogP contribution in [0, 0.1) is 23.0 Å². The number of allylic oxidation sites excluding steroid dienone is 1. The molecule has 0 radical (unpaired) electrons. The molecule has 5 heterocycles. The van der Waals surface area contributed by atoms with Crippen LogP contribution >= 0.6 is 0 Å². The first-order valence-corrected chi connectivity index (χ1v) is 13.4. The van der Waals surface area contributed by atoms with E-state index in [-0.39, 0.29) is 23.2 Å². The quantitative estimate of drug-likeness (QED) is 0.362.